The van der Waals surface area contributed by atoms with Gasteiger partial charge in [0.2, 0.25) is 5.91 Å². The number of benzene rings is 1. The lowest BCUT2D eigenvalue weighted by atomic mass is 9.91. The summed E-state index contributed by atoms with van der Waals surface area (Å²) in [4.78, 5) is 11.9. The van der Waals surface area contributed by atoms with Crippen molar-refractivity contribution in [2.24, 2.45) is 11.8 Å². The van der Waals surface area contributed by atoms with E-state index < -0.39 is 17.5 Å². The van der Waals surface area contributed by atoms with Crippen molar-refractivity contribution in [1.29, 1.82) is 0 Å². The van der Waals surface area contributed by atoms with Crippen LogP contribution in [0.3, 0.4) is 0 Å². The fraction of sp³-hybridized carbons (Fsp3) is 0.462. The number of halogens is 3. The van der Waals surface area contributed by atoms with Crippen LogP contribution >= 0.6 is 0 Å². The Morgan fingerprint density at radius 1 is 1.26 bits per heavy atom. The van der Waals surface area contributed by atoms with Crippen LogP contribution in [0.4, 0.5) is 18.9 Å². The average molecular weight is 272 g/mol. The Hall–Kier alpha value is -1.56. The highest BCUT2D eigenvalue weighted by Crippen LogP contribution is 2.22. The van der Waals surface area contributed by atoms with E-state index in [1.807, 2.05) is 6.92 Å². The molecule has 2 unspecified atom stereocenters. The van der Waals surface area contributed by atoms with E-state index in [1.165, 1.54) is 0 Å². The predicted molar refractivity (Wildman–Crippen MR) is 65.1 cm³/mol. The van der Waals surface area contributed by atoms with E-state index in [9.17, 15) is 18.0 Å². The molecule has 1 aliphatic rings. The molecule has 19 heavy (non-hydrogen) atoms. The van der Waals surface area contributed by atoms with Gasteiger partial charge in [-0.1, -0.05) is 6.92 Å². The Labute approximate surface area is 109 Å². The highest BCUT2D eigenvalue weighted by atomic mass is 19.2. The molecule has 1 amide bonds. The van der Waals surface area contributed by atoms with Crippen molar-refractivity contribution in [3.8, 4) is 0 Å². The highest BCUT2D eigenvalue weighted by Gasteiger charge is 2.26. The minimum absolute atomic E-state index is 0.295. The summed E-state index contributed by atoms with van der Waals surface area (Å²) in [6, 6.07) is 1.81. The van der Waals surface area contributed by atoms with E-state index in [0.29, 0.717) is 18.9 Å². The van der Waals surface area contributed by atoms with Crippen molar-refractivity contribution in [3.05, 3.63) is 29.6 Å². The van der Waals surface area contributed by atoms with Gasteiger partial charge in [0.25, 0.3) is 0 Å². The Balaban J connectivity index is 2.08. The second kappa shape index (κ2) is 5.61. The standard InChI is InChI=1S/C13H15F3N2O/c1-7-4-8(6-17-5-7)13(19)18-10-3-2-9(14)11(15)12(10)16/h2-3,7-8,17H,4-6H2,1H3,(H,18,19). The molecule has 0 aromatic heterocycles. The number of piperidine rings is 1. The Kier molecular flexibility index (Phi) is 4.09. The molecular formula is C13H15F3N2O. The van der Waals surface area contributed by atoms with Crippen molar-refractivity contribution in [1.82, 2.24) is 5.32 Å². The molecule has 104 valence electrons. The summed E-state index contributed by atoms with van der Waals surface area (Å²) in [6.45, 7) is 3.34. The zero-order chi connectivity index (χ0) is 14.0. The molecule has 2 atom stereocenters. The van der Waals surface area contributed by atoms with Crippen molar-refractivity contribution < 1.29 is 18.0 Å². The maximum Gasteiger partial charge on any atom is 0.228 e. The Bertz CT molecular complexity index is 493. The molecular weight excluding hydrogens is 257 g/mol. The first kappa shape index (κ1) is 13.9. The first-order valence-corrected chi connectivity index (χ1v) is 6.14. The molecule has 0 saturated carbocycles. The van der Waals surface area contributed by atoms with Gasteiger partial charge in [0.15, 0.2) is 17.5 Å². The fourth-order valence-corrected chi connectivity index (χ4v) is 2.21. The molecule has 1 aliphatic heterocycles. The number of anilines is 1. The van der Waals surface area contributed by atoms with Crippen LogP contribution in [0, 0.1) is 29.3 Å². The molecule has 1 aromatic carbocycles. The topological polar surface area (TPSA) is 41.1 Å². The summed E-state index contributed by atoms with van der Waals surface area (Å²) in [7, 11) is 0. The molecule has 2 N–H and O–H groups in total. The third kappa shape index (κ3) is 3.07. The van der Waals surface area contributed by atoms with Gasteiger partial charge in [-0.15, -0.1) is 0 Å². The number of hydrogen-bond acceptors (Lipinski definition) is 2. The van der Waals surface area contributed by atoms with Gasteiger partial charge in [0.05, 0.1) is 11.6 Å². The Morgan fingerprint density at radius 3 is 2.68 bits per heavy atom. The van der Waals surface area contributed by atoms with Gasteiger partial charge < -0.3 is 10.6 Å². The lowest BCUT2D eigenvalue weighted by molar-refractivity contribution is -0.120. The van der Waals surface area contributed by atoms with E-state index in [2.05, 4.69) is 10.6 Å². The van der Waals surface area contributed by atoms with Crippen LogP contribution in [-0.2, 0) is 4.79 Å². The van der Waals surface area contributed by atoms with Gasteiger partial charge >= 0.3 is 0 Å². The summed E-state index contributed by atoms with van der Waals surface area (Å²) in [5.74, 6) is -4.55. The predicted octanol–water partition coefficient (Wildman–Crippen LogP) is 2.29. The lowest BCUT2D eigenvalue weighted by Gasteiger charge is -2.26. The van der Waals surface area contributed by atoms with Gasteiger partial charge in [-0.25, -0.2) is 13.2 Å². The normalized spacial score (nSPS) is 23.2. The largest absolute Gasteiger partial charge is 0.323 e. The molecule has 2 rings (SSSR count). The molecule has 0 bridgehead atoms. The van der Waals surface area contributed by atoms with Crippen LogP contribution in [0.25, 0.3) is 0 Å². The van der Waals surface area contributed by atoms with Crippen molar-refractivity contribution in [2.75, 3.05) is 18.4 Å². The first-order valence-electron chi connectivity index (χ1n) is 6.14. The smallest absolute Gasteiger partial charge is 0.228 e. The SMILES string of the molecule is CC1CNCC(C(=O)Nc2ccc(F)c(F)c2F)C1. The third-order valence-corrected chi connectivity index (χ3v) is 3.23. The van der Waals surface area contributed by atoms with Crippen molar-refractivity contribution in [2.45, 2.75) is 13.3 Å². The average Bonchev–Trinajstić information content (AvgIpc) is 2.39. The summed E-state index contributed by atoms with van der Waals surface area (Å²) >= 11 is 0. The van der Waals surface area contributed by atoms with E-state index in [1.54, 1.807) is 0 Å². The molecule has 1 saturated heterocycles. The van der Waals surface area contributed by atoms with Crippen LogP contribution in [0.2, 0.25) is 0 Å². The molecule has 1 aromatic rings. The van der Waals surface area contributed by atoms with Crippen LogP contribution in [0.1, 0.15) is 13.3 Å². The van der Waals surface area contributed by atoms with Crippen molar-refractivity contribution in [3.63, 3.8) is 0 Å². The summed E-state index contributed by atoms with van der Waals surface area (Å²) < 4.78 is 39.2. The third-order valence-electron chi connectivity index (χ3n) is 3.23. The number of carbonyl (C=O) groups is 1. The van der Waals surface area contributed by atoms with E-state index in [0.717, 1.165) is 18.7 Å². The van der Waals surface area contributed by atoms with Crippen LogP contribution in [0.15, 0.2) is 12.1 Å². The number of carbonyl (C=O) groups excluding carboxylic acids is 1. The second-order valence-electron chi connectivity index (χ2n) is 4.91. The van der Waals surface area contributed by atoms with E-state index >= 15 is 0 Å². The van der Waals surface area contributed by atoms with E-state index in [-0.39, 0.29) is 17.5 Å². The molecule has 0 aliphatic carbocycles. The molecule has 3 nitrogen and oxygen atoms in total. The quantitative estimate of drug-likeness (QED) is 0.811. The Morgan fingerprint density at radius 2 is 2.00 bits per heavy atom. The van der Waals surface area contributed by atoms with Gasteiger partial charge in [-0.3, -0.25) is 4.79 Å². The van der Waals surface area contributed by atoms with Crippen LogP contribution < -0.4 is 10.6 Å². The summed E-state index contributed by atoms with van der Waals surface area (Å²) in [5, 5.41) is 5.41. The number of nitrogens with one attached hydrogen (secondary N) is 2. The summed E-state index contributed by atoms with van der Waals surface area (Å²) in [5.41, 5.74) is -0.331. The maximum absolute atomic E-state index is 13.4. The second-order valence-corrected chi connectivity index (χ2v) is 4.91. The highest BCUT2D eigenvalue weighted by molar-refractivity contribution is 5.92. The lowest BCUT2D eigenvalue weighted by Crippen LogP contribution is -2.41. The zero-order valence-electron chi connectivity index (χ0n) is 10.5. The summed E-state index contributed by atoms with van der Waals surface area (Å²) in [6.07, 6.45) is 0.685. The van der Waals surface area contributed by atoms with Crippen LogP contribution in [0.5, 0.6) is 0 Å². The minimum Gasteiger partial charge on any atom is -0.323 e. The minimum atomic E-state index is -1.58. The monoisotopic (exact) mass is 272 g/mol. The number of hydrogen-bond donors (Lipinski definition) is 2. The first-order chi connectivity index (χ1) is 8.99. The zero-order valence-corrected chi connectivity index (χ0v) is 10.5. The number of amides is 1. The molecule has 1 heterocycles. The van der Waals surface area contributed by atoms with Gasteiger partial charge in [-0.2, -0.15) is 0 Å². The van der Waals surface area contributed by atoms with Gasteiger partial charge in [-0.05, 0) is 31.0 Å². The molecule has 0 spiro atoms. The fourth-order valence-electron chi connectivity index (χ4n) is 2.21. The molecule has 0 radical (unpaired) electrons. The van der Waals surface area contributed by atoms with Crippen molar-refractivity contribution >= 4 is 11.6 Å². The van der Waals surface area contributed by atoms with Crippen LogP contribution in [-0.4, -0.2) is 19.0 Å². The molecule has 1 fully saturated rings. The number of rotatable bonds is 2. The maximum atomic E-state index is 13.4. The van der Waals surface area contributed by atoms with E-state index in [4.69, 9.17) is 0 Å². The van der Waals surface area contributed by atoms with Gasteiger partial charge in [0.1, 0.15) is 0 Å². The molecule has 6 heteroatoms. The van der Waals surface area contributed by atoms with Gasteiger partial charge in [0, 0.05) is 6.54 Å².